The third-order valence-electron chi connectivity index (χ3n) is 6.32. The fourth-order valence-corrected chi connectivity index (χ4v) is 4.52. The van der Waals surface area contributed by atoms with Crippen molar-refractivity contribution >= 4 is 11.3 Å². The monoisotopic (exact) mass is 388 g/mol. The minimum Gasteiger partial charge on any atom is -0.490 e. The molecule has 1 unspecified atom stereocenters. The number of rotatable bonds is 8. The Morgan fingerprint density at radius 1 is 1.00 bits per heavy atom. The number of hydrogen-bond donors (Lipinski definition) is 1. The van der Waals surface area contributed by atoms with Crippen LogP contribution in [0.3, 0.4) is 0 Å². The molecule has 0 aliphatic heterocycles. The van der Waals surface area contributed by atoms with Gasteiger partial charge in [0, 0.05) is 10.3 Å². The Balaban J connectivity index is 2.36. The zero-order chi connectivity index (χ0) is 20.3. The van der Waals surface area contributed by atoms with Gasteiger partial charge in [-0.15, -0.1) is 11.3 Å². The van der Waals surface area contributed by atoms with Crippen LogP contribution in [0.1, 0.15) is 77.3 Å². The van der Waals surface area contributed by atoms with Crippen LogP contribution in [-0.4, -0.2) is 17.3 Å². The molecule has 0 saturated heterocycles. The fraction of sp³-hybridized carbons (Fsp3) is 0.583. The summed E-state index contributed by atoms with van der Waals surface area (Å²) in [6.45, 7) is 15.0. The van der Waals surface area contributed by atoms with E-state index in [1.54, 1.807) is 0 Å². The quantitative estimate of drug-likeness (QED) is 0.552. The Morgan fingerprint density at radius 2 is 1.67 bits per heavy atom. The average Bonchev–Trinajstić information content (AvgIpc) is 3.16. The predicted octanol–water partition coefficient (Wildman–Crippen LogP) is 6.59. The van der Waals surface area contributed by atoms with Crippen molar-refractivity contribution in [3.63, 3.8) is 0 Å². The zero-order valence-electron chi connectivity index (χ0n) is 18.1. The molecule has 2 aromatic rings. The molecule has 0 saturated carbocycles. The molecular formula is C24H36O2S. The second kappa shape index (κ2) is 8.36. The van der Waals surface area contributed by atoms with Gasteiger partial charge in [-0.25, -0.2) is 0 Å². The lowest BCUT2D eigenvalue weighted by atomic mass is 9.74. The van der Waals surface area contributed by atoms with Crippen molar-refractivity contribution in [3.8, 4) is 5.75 Å². The number of aliphatic hydroxyl groups is 1. The lowest BCUT2D eigenvalue weighted by Gasteiger charge is -2.37. The first-order chi connectivity index (χ1) is 12.6. The first kappa shape index (κ1) is 22.0. The molecule has 0 spiro atoms. The molecule has 1 aromatic carbocycles. The van der Waals surface area contributed by atoms with E-state index in [-0.39, 0.29) is 10.8 Å². The molecule has 27 heavy (non-hydrogen) atoms. The zero-order valence-corrected chi connectivity index (χ0v) is 18.9. The molecule has 2 rings (SSSR count). The SMILES string of the molecule is CCc1cc(C(CC)(CC)c2cccs2)ccc1OCC(C)(O)C(C)(C)C. The van der Waals surface area contributed by atoms with Crippen LogP contribution in [0.15, 0.2) is 35.7 Å². The normalized spacial score (nSPS) is 14.8. The predicted molar refractivity (Wildman–Crippen MR) is 117 cm³/mol. The fourth-order valence-electron chi connectivity index (χ4n) is 3.43. The average molecular weight is 389 g/mol. The summed E-state index contributed by atoms with van der Waals surface area (Å²) in [6.07, 6.45) is 3.06. The molecule has 0 aliphatic rings. The lowest BCUT2D eigenvalue weighted by Crippen LogP contribution is -2.45. The van der Waals surface area contributed by atoms with Crippen LogP contribution in [-0.2, 0) is 11.8 Å². The van der Waals surface area contributed by atoms with Crippen LogP contribution in [0.4, 0.5) is 0 Å². The highest BCUT2D eigenvalue weighted by molar-refractivity contribution is 7.10. The van der Waals surface area contributed by atoms with Crippen LogP contribution in [0.25, 0.3) is 0 Å². The Kier molecular flexibility index (Phi) is 6.81. The second-order valence-corrected chi connectivity index (χ2v) is 9.70. The molecule has 150 valence electrons. The number of ether oxygens (including phenoxy) is 1. The van der Waals surface area contributed by atoms with Crippen molar-refractivity contribution in [2.45, 2.75) is 78.7 Å². The molecule has 0 aliphatic carbocycles. The van der Waals surface area contributed by atoms with E-state index < -0.39 is 5.60 Å². The standard InChI is InChI=1S/C24H36O2S/c1-8-18-16-19(24(9-2,10-3)21-12-11-15-27-21)13-14-20(18)26-17-23(7,25)22(4,5)6/h11-16,25H,8-10,17H2,1-7H3. The van der Waals surface area contributed by atoms with Crippen molar-refractivity contribution in [1.29, 1.82) is 0 Å². The van der Waals surface area contributed by atoms with E-state index >= 15 is 0 Å². The lowest BCUT2D eigenvalue weighted by molar-refractivity contribution is -0.0726. The summed E-state index contributed by atoms with van der Waals surface area (Å²) >= 11 is 1.84. The molecule has 2 nitrogen and oxygen atoms in total. The molecule has 1 N–H and O–H groups in total. The first-order valence-corrected chi connectivity index (χ1v) is 11.0. The molecular weight excluding hydrogens is 352 g/mol. The van der Waals surface area contributed by atoms with Crippen LogP contribution in [0.5, 0.6) is 5.75 Å². The minimum absolute atomic E-state index is 0.0630. The molecule has 0 amide bonds. The van der Waals surface area contributed by atoms with Gasteiger partial charge in [0.1, 0.15) is 18.0 Å². The summed E-state index contributed by atoms with van der Waals surface area (Å²) in [5.41, 5.74) is 1.51. The number of aryl methyl sites for hydroxylation is 1. The van der Waals surface area contributed by atoms with Gasteiger partial charge in [0.05, 0.1) is 0 Å². The molecule has 0 fully saturated rings. The molecule has 3 heteroatoms. The van der Waals surface area contributed by atoms with Gasteiger partial charge < -0.3 is 9.84 Å². The Labute approximate surface area is 169 Å². The largest absolute Gasteiger partial charge is 0.490 e. The summed E-state index contributed by atoms with van der Waals surface area (Å²) in [7, 11) is 0. The van der Waals surface area contributed by atoms with E-state index in [1.165, 1.54) is 16.0 Å². The number of hydrogen-bond acceptors (Lipinski definition) is 3. The molecule has 1 heterocycles. The molecule has 1 atom stereocenters. The highest BCUT2D eigenvalue weighted by atomic mass is 32.1. The van der Waals surface area contributed by atoms with Gasteiger partial charge in [0.15, 0.2) is 0 Å². The van der Waals surface area contributed by atoms with E-state index in [2.05, 4.69) is 56.5 Å². The van der Waals surface area contributed by atoms with Crippen molar-refractivity contribution in [2.75, 3.05) is 6.61 Å². The van der Waals surface area contributed by atoms with Crippen molar-refractivity contribution < 1.29 is 9.84 Å². The Hall–Kier alpha value is -1.32. The number of thiophene rings is 1. The second-order valence-electron chi connectivity index (χ2n) is 8.76. The minimum atomic E-state index is -0.885. The van der Waals surface area contributed by atoms with E-state index in [0.717, 1.165) is 25.0 Å². The van der Waals surface area contributed by atoms with Crippen LogP contribution < -0.4 is 4.74 Å². The van der Waals surface area contributed by atoms with E-state index in [9.17, 15) is 5.11 Å². The van der Waals surface area contributed by atoms with Gasteiger partial charge in [0.25, 0.3) is 0 Å². The maximum absolute atomic E-state index is 10.7. The van der Waals surface area contributed by atoms with E-state index in [0.29, 0.717) is 6.61 Å². The summed E-state index contributed by atoms with van der Waals surface area (Å²) in [6, 6.07) is 11.0. The molecule has 0 bridgehead atoms. The highest BCUT2D eigenvalue weighted by Gasteiger charge is 2.36. The Morgan fingerprint density at radius 3 is 2.15 bits per heavy atom. The van der Waals surface area contributed by atoms with Gasteiger partial charge >= 0.3 is 0 Å². The van der Waals surface area contributed by atoms with Crippen molar-refractivity contribution in [2.24, 2.45) is 5.41 Å². The topological polar surface area (TPSA) is 29.5 Å². The third kappa shape index (κ3) is 4.41. The molecule has 0 radical (unpaired) electrons. The van der Waals surface area contributed by atoms with Crippen LogP contribution in [0, 0.1) is 5.41 Å². The van der Waals surface area contributed by atoms with Crippen molar-refractivity contribution in [3.05, 3.63) is 51.7 Å². The van der Waals surface area contributed by atoms with Gasteiger partial charge in [0.2, 0.25) is 0 Å². The van der Waals surface area contributed by atoms with Crippen LogP contribution >= 0.6 is 11.3 Å². The van der Waals surface area contributed by atoms with Gasteiger partial charge in [-0.2, -0.15) is 0 Å². The van der Waals surface area contributed by atoms with Crippen LogP contribution in [0.2, 0.25) is 0 Å². The molecule has 1 aromatic heterocycles. The van der Waals surface area contributed by atoms with Gasteiger partial charge in [-0.05, 0) is 60.2 Å². The summed E-state index contributed by atoms with van der Waals surface area (Å²) < 4.78 is 6.10. The maximum Gasteiger partial charge on any atom is 0.122 e. The number of benzene rings is 1. The van der Waals surface area contributed by atoms with Gasteiger partial charge in [-0.1, -0.05) is 59.7 Å². The smallest absolute Gasteiger partial charge is 0.122 e. The third-order valence-corrected chi connectivity index (χ3v) is 7.39. The summed E-state index contributed by atoms with van der Waals surface area (Å²) in [5.74, 6) is 0.887. The van der Waals surface area contributed by atoms with Crippen molar-refractivity contribution in [1.82, 2.24) is 0 Å². The maximum atomic E-state index is 10.7. The first-order valence-electron chi connectivity index (χ1n) is 10.1. The van der Waals surface area contributed by atoms with Gasteiger partial charge in [-0.3, -0.25) is 0 Å². The highest BCUT2D eigenvalue weighted by Crippen LogP contribution is 2.42. The Bertz CT molecular complexity index is 719. The van der Waals surface area contributed by atoms with E-state index in [4.69, 9.17) is 4.74 Å². The summed E-state index contributed by atoms with van der Waals surface area (Å²) in [5, 5.41) is 12.9. The van der Waals surface area contributed by atoms with E-state index in [1.807, 2.05) is 39.0 Å². The summed E-state index contributed by atoms with van der Waals surface area (Å²) in [4.78, 5) is 1.43.